The molecule has 1 amide bonds. The molecule has 1 aromatic heterocycles. The van der Waals surface area contributed by atoms with Gasteiger partial charge in [0.25, 0.3) is 0 Å². The van der Waals surface area contributed by atoms with Gasteiger partial charge in [-0.2, -0.15) is 10.1 Å². The molecule has 0 unspecified atom stereocenters. The summed E-state index contributed by atoms with van der Waals surface area (Å²) in [5.74, 6) is 2.77. The number of fused-ring (bicyclic) bond motifs is 4. The van der Waals surface area contributed by atoms with Crippen molar-refractivity contribution >= 4 is 11.9 Å². The van der Waals surface area contributed by atoms with Crippen LogP contribution in [0, 0.1) is 11.8 Å². The summed E-state index contributed by atoms with van der Waals surface area (Å²) in [5.41, 5.74) is 0.0899. The minimum absolute atomic E-state index is 0.00867. The molecular formula is C21H34N4O. The van der Waals surface area contributed by atoms with E-state index in [1.807, 2.05) is 13.8 Å². The Balaban J connectivity index is 1.90. The molecule has 2 fully saturated rings. The number of rotatable bonds is 2. The van der Waals surface area contributed by atoms with Gasteiger partial charge in [0.1, 0.15) is 0 Å². The van der Waals surface area contributed by atoms with Gasteiger partial charge in [-0.15, -0.1) is 0 Å². The van der Waals surface area contributed by atoms with E-state index in [0.29, 0.717) is 12.0 Å². The lowest BCUT2D eigenvalue weighted by Crippen LogP contribution is -2.62. The molecular weight excluding hydrogens is 324 g/mol. The Morgan fingerprint density at radius 1 is 1.04 bits per heavy atom. The molecule has 2 atom stereocenters. The molecule has 5 nitrogen and oxygen atoms in total. The summed E-state index contributed by atoms with van der Waals surface area (Å²) in [4.78, 5) is 20.2. The predicted octanol–water partition coefficient (Wildman–Crippen LogP) is 4.62. The highest BCUT2D eigenvalue weighted by molar-refractivity contribution is 5.94. The van der Waals surface area contributed by atoms with Crippen molar-refractivity contribution in [2.75, 3.05) is 4.90 Å². The van der Waals surface area contributed by atoms with Crippen LogP contribution in [0.3, 0.4) is 0 Å². The number of nitrogens with zero attached hydrogens (tertiary/aromatic N) is 4. The van der Waals surface area contributed by atoms with Crippen molar-refractivity contribution in [1.29, 1.82) is 0 Å². The molecule has 0 radical (unpaired) electrons. The van der Waals surface area contributed by atoms with Crippen LogP contribution < -0.4 is 4.90 Å². The molecule has 3 aliphatic rings. The molecule has 144 valence electrons. The monoisotopic (exact) mass is 358 g/mol. The van der Waals surface area contributed by atoms with E-state index in [0.717, 1.165) is 18.2 Å². The molecule has 0 aromatic carbocycles. The lowest BCUT2D eigenvalue weighted by Gasteiger charge is -2.55. The van der Waals surface area contributed by atoms with Gasteiger partial charge < -0.3 is 0 Å². The van der Waals surface area contributed by atoms with E-state index in [2.05, 4.69) is 23.4 Å². The quantitative estimate of drug-likeness (QED) is 0.775. The van der Waals surface area contributed by atoms with Crippen LogP contribution in [0.1, 0.15) is 97.2 Å². The highest BCUT2D eigenvalue weighted by atomic mass is 16.2. The van der Waals surface area contributed by atoms with E-state index in [-0.39, 0.29) is 23.3 Å². The standard InChI is InChI=1S/C21H34N4O/c1-14(2)18-22-20-24(19(26)15(3)4)17-11-7-6-10-16(17)21(25(20)23-18)12-8-5-9-13-21/h14-17H,5-13H2,1-4H3/t16-,17+/m1/s1. The van der Waals surface area contributed by atoms with Gasteiger partial charge in [-0.3, -0.25) is 9.69 Å². The molecule has 1 aliphatic heterocycles. The Morgan fingerprint density at radius 3 is 2.38 bits per heavy atom. The van der Waals surface area contributed by atoms with E-state index < -0.39 is 0 Å². The number of amides is 1. The van der Waals surface area contributed by atoms with Gasteiger partial charge in [0, 0.05) is 23.8 Å². The molecule has 0 bridgehead atoms. The third-order valence-electron chi connectivity index (χ3n) is 6.96. The zero-order valence-corrected chi connectivity index (χ0v) is 16.9. The molecule has 0 saturated heterocycles. The summed E-state index contributed by atoms with van der Waals surface area (Å²) < 4.78 is 2.23. The highest BCUT2D eigenvalue weighted by Crippen LogP contribution is 2.53. The number of carbonyl (C=O) groups is 1. The van der Waals surface area contributed by atoms with Gasteiger partial charge in [-0.1, -0.05) is 59.8 Å². The van der Waals surface area contributed by atoms with Gasteiger partial charge in [0.2, 0.25) is 11.9 Å². The summed E-state index contributed by atoms with van der Waals surface area (Å²) >= 11 is 0. The molecule has 1 spiro atoms. The van der Waals surface area contributed by atoms with Crippen molar-refractivity contribution in [3.63, 3.8) is 0 Å². The minimum Gasteiger partial charge on any atom is -0.277 e. The van der Waals surface area contributed by atoms with Crippen molar-refractivity contribution in [3.8, 4) is 0 Å². The van der Waals surface area contributed by atoms with Crippen molar-refractivity contribution in [2.45, 2.75) is 103 Å². The minimum atomic E-state index is -0.00867. The fraction of sp³-hybridized carbons (Fsp3) is 0.857. The zero-order chi connectivity index (χ0) is 18.5. The Labute approximate surface area is 157 Å². The molecule has 26 heavy (non-hydrogen) atoms. The SMILES string of the molecule is CC(C)C(=O)N1c2nc(C(C)C)nn2C2(CCCCC2)[C@@H]2CCCC[C@@H]21. The molecule has 2 heterocycles. The van der Waals surface area contributed by atoms with Gasteiger partial charge >= 0.3 is 0 Å². The molecule has 5 heteroatoms. The molecule has 1 aromatic rings. The van der Waals surface area contributed by atoms with Crippen LogP contribution in [0.4, 0.5) is 5.95 Å². The first kappa shape index (κ1) is 18.0. The summed E-state index contributed by atoms with van der Waals surface area (Å²) in [6, 6.07) is 0.313. The molecule has 0 N–H and O–H groups in total. The van der Waals surface area contributed by atoms with Crippen LogP contribution in [0.15, 0.2) is 0 Å². The number of carbonyl (C=O) groups excluding carboxylic acids is 1. The maximum absolute atomic E-state index is 13.2. The van der Waals surface area contributed by atoms with Crippen LogP contribution in [0.25, 0.3) is 0 Å². The first-order valence-electron chi connectivity index (χ1n) is 10.8. The van der Waals surface area contributed by atoms with Crippen LogP contribution in [0.2, 0.25) is 0 Å². The average Bonchev–Trinajstić information content (AvgIpc) is 3.09. The van der Waals surface area contributed by atoms with Crippen LogP contribution >= 0.6 is 0 Å². The number of hydrogen-bond donors (Lipinski definition) is 0. The Morgan fingerprint density at radius 2 is 1.73 bits per heavy atom. The van der Waals surface area contributed by atoms with Gasteiger partial charge in [0.05, 0.1) is 5.54 Å². The van der Waals surface area contributed by atoms with Gasteiger partial charge in [-0.25, -0.2) is 4.68 Å². The summed E-state index contributed by atoms with van der Waals surface area (Å²) in [5, 5.41) is 5.02. The van der Waals surface area contributed by atoms with Crippen LogP contribution in [-0.2, 0) is 10.3 Å². The largest absolute Gasteiger partial charge is 0.277 e. The maximum Gasteiger partial charge on any atom is 0.232 e. The van der Waals surface area contributed by atoms with Gasteiger partial charge in [0.15, 0.2) is 5.82 Å². The zero-order valence-electron chi connectivity index (χ0n) is 16.9. The first-order chi connectivity index (χ1) is 12.5. The van der Waals surface area contributed by atoms with E-state index in [1.165, 1.54) is 51.4 Å². The second-order valence-corrected chi connectivity index (χ2v) is 9.32. The number of aromatic nitrogens is 3. The second-order valence-electron chi connectivity index (χ2n) is 9.32. The Kier molecular flexibility index (Phi) is 4.60. The summed E-state index contributed by atoms with van der Waals surface area (Å²) in [6.45, 7) is 8.32. The van der Waals surface area contributed by atoms with Crippen molar-refractivity contribution < 1.29 is 4.79 Å². The fourth-order valence-electron chi connectivity index (χ4n) is 5.66. The summed E-state index contributed by atoms with van der Waals surface area (Å²) in [7, 11) is 0. The van der Waals surface area contributed by atoms with E-state index in [9.17, 15) is 4.79 Å². The lowest BCUT2D eigenvalue weighted by molar-refractivity contribution is -0.123. The third kappa shape index (κ3) is 2.61. The predicted molar refractivity (Wildman–Crippen MR) is 103 cm³/mol. The van der Waals surface area contributed by atoms with E-state index in [1.54, 1.807) is 0 Å². The lowest BCUT2D eigenvalue weighted by atomic mass is 9.64. The molecule has 2 saturated carbocycles. The maximum atomic E-state index is 13.2. The normalized spacial score (nSPS) is 27.7. The number of anilines is 1. The molecule has 4 rings (SSSR count). The van der Waals surface area contributed by atoms with Crippen molar-refractivity contribution in [3.05, 3.63) is 5.82 Å². The van der Waals surface area contributed by atoms with E-state index >= 15 is 0 Å². The molecule has 2 aliphatic carbocycles. The van der Waals surface area contributed by atoms with Crippen LogP contribution in [0.5, 0.6) is 0 Å². The summed E-state index contributed by atoms with van der Waals surface area (Å²) in [6.07, 6.45) is 11.1. The van der Waals surface area contributed by atoms with E-state index in [4.69, 9.17) is 10.1 Å². The topological polar surface area (TPSA) is 51.0 Å². The fourth-order valence-corrected chi connectivity index (χ4v) is 5.66. The van der Waals surface area contributed by atoms with Crippen molar-refractivity contribution in [1.82, 2.24) is 14.8 Å². The second kappa shape index (κ2) is 6.65. The van der Waals surface area contributed by atoms with Crippen LogP contribution in [-0.4, -0.2) is 26.7 Å². The van der Waals surface area contributed by atoms with Crippen molar-refractivity contribution in [2.24, 2.45) is 11.8 Å². The average molecular weight is 359 g/mol. The third-order valence-corrected chi connectivity index (χ3v) is 6.96. The van der Waals surface area contributed by atoms with Gasteiger partial charge in [-0.05, 0) is 25.7 Å². The first-order valence-corrected chi connectivity index (χ1v) is 10.8. The highest BCUT2D eigenvalue weighted by Gasteiger charge is 2.55. The Bertz CT molecular complexity index is 672. The smallest absolute Gasteiger partial charge is 0.232 e. The Hall–Kier alpha value is -1.39. The number of hydrogen-bond acceptors (Lipinski definition) is 3.